The summed E-state index contributed by atoms with van der Waals surface area (Å²) in [4.78, 5) is 0. The number of benzene rings is 1. The molecule has 2 rings (SSSR count). The third kappa shape index (κ3) is 2.09. The molecule has 0 amide bonds. The van der Waals surface area contributed by atoms with Gasteiger partial charge in [-0.3, -0.25) is 0 Å². The van der Waals surface area contributed by atoms with Crippen LogP contribution in [-0.2, 0) is 0 Å². The fourth-order valence-electron chi connectivity index (χ4n) is 2.38. The first-order chi connectivity index (χ1) is 7.50. The van der Waals surface area contributed by atoms with Gasteiger partial charge in [0.1, 0.15) is 0 Å². The molecule has 2 atom stereocenters. The van der Waals surface area contributed by atoms with Gasteiger partial charge in [-0.2, -0.15) is 0 Å². The average molecular weight is 221 g/mol. The molecule has 1 heterocycles. The maximum absolute atomic E-state index is 6.10. The maximum atomic E-state index is 6.10. The van der Waals surface area contributed by atoms with Crippen molar-refractivity contribution in [3.05, 3.63) is 35.9 Å². The molecule has 1 aliphatic heterocycles. The zero-order chi connectivity index (χ0) is 11.8. The smallest absolute Gasteiger partial charge is 0.0796 e. The minimum atomic E-state index is -0.205. The molecule has 2 unspecified atom stereocenters. The predicted octanol–water partition coefficient (Wildman–Crippen LogP) is 0.0321. The Morgan fingerprint density at radius 1 is 1.25 bits per heavy atom. The summed E-state index contributed by atoms with van der Waals surface area (Å²) < 4.78 is 0. The van der Waals surface area contributed by atoms with E-state index in [1.165, 1.54) is 10.8 Å². The molecule has 0 radical (unpaired) electrons. The van der Waals surface area contributed by atoms with E-state index in [1.807, 2.05) is 18.2 Å². The zero-order valence-electron chi connectivity index (χ0n) is 9.64. The molecule has 0 aliphatic carbocycles. The lowest BCUT2D eigenvalue weighted by molar-refractivity contribution is -0.0250. The summed E-state index contributed by atoms with van der Waals surface area (Å²) in [6, 6.07) is 10.2. The minimum absolute atomic E-state index is 0.161. The van der Waals surface area contributed by atoms with Crippen LogP contribution in [0.15, 0.2) is 30.3 Å². The standard InChI is InChI=1S/C11H19N5/c1-11(2)9(8-6-4-3-5-7-8)10(12)14-16(13)15-11/h3-7,9-10,14-15H,12-13H2,1-2H3. The second-order valence-corrected chi connectivity index (χ2v) is 4.75. The number of hydrogen-bond acceptors (Lipinski definition) is 5. The highest BCUT2D eigenvalue weighted by Crippen LogP contribution is 2.31. The Kier molecular flexibility index (Phi) is 2.96. The number of hydrogen-bond donors (Lipinski definition) is 4. The molecule has 6 N–H and O–H groups in total. The van der Waals surface area contributed by atoms with E-state index >= 15 is 0 Å². The molecule has 0 aromatic heterocycles. The van der Waals surface area contributed by atoms with Crippen molar-refractivity contribution in [1.29, 1.82) is 0 Å². The van der Waals surface area contributed by atoms with E-state index in [2.05, 4.69) is 36.8 Å². The quantitative estimate of drug-likeness (QED) is 0.503. The molecule has 1 fully saturated rings. The number of rotatable bonds is 1. The van der Waals surface area contributed by atoms with Crippen LogP contribution in [0.3, 0.4) is 0 Å². The number of nitrogens with two attached hydrogens (primary N) is 2. The summed E-state index contributed by atoms with van der Waals surface area (Å²) in [5.74, 6) is 5.83. The van der Waals surface area contributed by atoms with Crippen LogP contribution in [0.1, 0.15) is 25.3 Å². The first-order valence-corrected chi connectivity index (χ1v) is 5.40. The Hall–Kier alpha value is -0.980. The highest BCUT2D eigenvalue weighted by atomic mass is 15.9. The van der Waals surface area contributed by atoms with Crippen molar-refractivity contribution < 1.29 is 0 Å². The summed E-state index contributed by atoms with van der Waals surface area (Å²) in [7, 11) is 0. The molecule has 16 heavy (non-hydrogen) atoms. The van der Waals surface area contributed by atoms with Gasteiger partial charge in [0.25, 0.3) is 0 Å². The molecule has 1 aromatic carbocycles. The molecule has 0 spiro atoms. The fraction of sp³-hybridized carbons (Fsp3) is 0.455. The summed E-state index contributed by atoms with van der Waals surface area (Å²) >= 11 is 0. The van der Waals surface area contributed by atoms with Crippen molar-refractivity contribution in [2.45, 2.75) is 31.5 Å². The van der Waals surface area contributed by atoms with Gasteiger partial charge in [0.05, 0.1) is 6.17 Å². The lowest BCUT2D eigenvalue weighted by Crippen LogP contribution is -2.73. The molecular formula is C11H19N5. The van der Waals surface area contributed by atoms with Crippen LogP contribution in [-0.4, -0.2) is 16.9 Å². The maximum Gasteiger partial charge on any atom is 0.0796 e. The first-order valence-electron chi connectivity index (χ1n) is 5.40. The van der Waals surface area contributed by atoms with E-state index in [4.69, 9.17) is 11.6 Å². The average Bonchev–Trinajstić information content (AvgIpc) is 2.15. The second kappa shape index (κ2) is 4.12. The Labute approximate surface area is 95.7 Å². The fourth-order valence-corrected chi connectivity index (χ4v) is 2.38. The predicted molar refractivity (Wildman–Crippen MR) is 63.5 cm³/mol. The van der Waals surface area contributed by atoms with E-state index < -0.39 is 0 Å². The Bertz CT molecular complexity index is 351. The molecule has 0 bridgehead atoms. The Morgan fingerprint density at radius 3 is 2.44 bits per heavy atom. The van der Waals surface area contributed by atoms with Crippen LogP contribution in [0.5, 0.6) is 0 Å². The molecule has 5 heteroatoms. The monoisotopic (exact) mass is 221 g/mol. The van der Waals surface area contributed by atoms with Crippen LogP contribution in [0.2, 0.25) is 0 Å². The van der Waals surface area contributed by atoms with Crippen LogP contribution < -0.4 is 22.4 Å². The number of hydrazine groups is 3. The lowest BCUT2D eigenvalue weighted by Gasteiger charge is -2.47. The van der Waals surface area contributed by atoms with E-state index in [9.17, 15) is 0 Å². The van der Waals surface area contributed by atoms with E-state index in [0.29, 0.717) is 0 Å². The van der Waals surface area contributed by atoms with E-state index in [0.717, 1.165) is 0 Å². The van der Waals surface area contributed by atoms with Gasteiger partial charge in [-0.1, -0.05) is 30.3 Å². The SMILES string of the molecule is CC1(C)NN(N)NC(N)C1c1ccccc1. The highest BCUT2D eigenvalue weighted by Gasteiger charge is 2.40. The lowest BCUT2D eigenvalue weighted by atomic mass is 9.80. The molecule has 5 nitrogen and oxygen atoms in total. The van der Waals surface area contributed by atoms with Gasteiger partial charge in [0.15, 0.2) is 0 Å². The zero-order valence-corrected chi connectivity index (χ0v) is 9.64. The van der Waals surface area contributed by atoms with Crippen LogP contribution in [0, 0.1) is 0 Å². The van der Waals surface area contributed by atoms with E-state index in [-0.39, 0.29) is 17.6 Å². The van der Waals surface area contributed by atoms with Gasteiger partial charge < -0.3 is 5.73 Å². The molecule has 1 aliphatic rings. The van der Waals surface area contributed by atoms with E-state index in [1.54, 1.807) is 0 Å². The number of nitrogens with one attached hydrogen (secondary N) is 2. The van der Waals surface area contributed by atoms with Crippen molar-refractivity contribution in [3.8, 4) is 0 Å². The summed E-state index contributed by atoms with van der Waals surface area (Å²) in [6.45, 7) is 4.18. The Morgan fingerprint density at radius 2 is 1.88 bits per heavy atom. The van der Waals surface area contributed by atoms with Crippen molar-refractivity contribution in [1.82, 2.24) is 16.1 Å². The topological polar surface area (TPSA) is 79.3 Å². The van der Waals surface area contributed by atoms with Crippen molar-refractivity contribution in [2.24, 2.45) is 11.6 Å². The van der Waals surface area contributed by atoms with Gasteiger partial charge in [0.2, 0.25) is 0 Å². The Balaban J connectivity index is 2.32. The van der Waals surface area contributed by atoms with Gasteiger partial charge in [0, 0.05) is 11.5 Å². The van der Waals surface area contributed by atoms with Gasteiger partial charge in [-0.05, 0) is 19.4 Å². The largest absolute Gasteiger partial charge is 0.314 e. The van der Waals surface area contributed by atoms with Gasteiger partial charge >= 0.3 is 0 Å². The van der Waals surface area contributed by atoms with Crippen LogP contribution in [0.25, 0.3) is 0 Å². The normalized spacial score (nSPS) is 30.2. The van der Waals surface area contributed by atoms with Crippen molar-refractivity contribution >= 4 is 0 Å². The highest BCUT2D eigenvalue weighted by molar-refractivity contribution is 5.25. The summed E-state index contributed by atoms with van der Waals surface area (Å²) in [5, 5.41) is 1.34. The second-order valence-electron chi connectivity index (χ2n) is 4.75. The van der Waals surface area contributed by atoms with Gasteiger partial charge in [-0.25, -0.2) is 16.7 Å². The number of nitrogens with zero attached hydrogens (tertiary/aromatic N) is 1. The van der Waals surface area contributed by atoms with Crippen LogP contribution >= 0.6 is 0 Å². The van der Waals surface area contributed by atoms with Crippen LogP contribution in [0.4, 0.5) is 0 Å². The molecule has 0 saturated carbocycles. The minimum Gasteiger partial charge on any atom is -0.314 e. The summed E-state index contributed by atoms with van der Waals surface area (Å²) in [6.07, 6.45) is -0.205. The molecule has 1 aromatic rings. The molecular weight excluding hydrogens is 202 g/mol. The van der Waals surface area contributed by atoms with Gasteiger partial charge in [-0.15, -0.1) is 5.23 Å². The molecule has 1 saturated heterocycles. The molecule has 88 valence electrons. The third-order valence-corrected chi connectivity index (χ3v) is 2.99. The first kappa shape index (κ1) is 11.5. The third-order valence-electron chi connectivity index (χ3n) is 2.99. The summed E-state index contributed by atoms with van der Waals surface area (Å²) in [5.41, 5.74) is 13.2. The van der Waals surface area contributed by atoms with Crippen molar-refractivity contribution in [3.63, 3.8) is 0 Å². The van der Waals surface area contributed by atoms with Crippen molar-refractivity contribution in [2.75, 3.05) is 0 Å².